The monoisotopic (exact) mass is 426 g/mol. The molecule has 1 aliphatic carbocycles. The van der Waals surface area contributed by atoms with Crippen molar-refractivity contribution in [1.82, 2.24) is 14.7 Å². The van der Waals surface area contributed by atoms with Crippen LogP contribution in [-0.2, 0) is 23.5 Å². The zero-order valence-corrected chi connectivity index (χ0v) is 16.8. The van der Waals surface area contributed by atoms with E-state index in [1.807, 2.05) is 12.1 Å². The van der Waals surface area contributed by atoms with Gasteiger partial charge in [0.25, 0.3) is 10.0 Å². The molecule has 9 nitrogen and oxygen atoms in total. The van der Waals surface area contributed by atoms with Gasteiger partial charge in [0.15, 0.2) is 11.4 Å². The molecule has 1 saturated carbocycles. The number of nitrogens with one attached hydrogen (secondary N) is 1. The van der Waals surface area contributed by atoms with Crippen LogP contribution in [0.4, 0.5) is 5.69 Å². The third kappa shape index (κ3) is 3.39. The lowest BCUT2D eigenvalue weighted by Crippen LogP contribution is -2.15. The Morgan fingerprint density at radius 2 is 2.00 bits per heavy atom. The second-order valence-corrected chi connectivity index (χ2v) is 9.00. The van der Waals surface area contributed by atoms with Gasteiger partial charge in [-0.2, -0.15) is 4.98 Å². The first kappa shape index (κ1) is 18.6. The minimum absolute atomic E-state index is 0.0232. The number of sulfonamides is 1. The number of hydrogen-bond donors (Lipinski definition) is 1. The van der Waals surface area contributed by atoms with E-state index in [-0.39, 0.29) is 4.90 Å². The third-order valence-corrected chi connectivity index (χ3v) is 6.47. The topological polar surface area (TPSA) is 120 Å². The van der Waals surface area contributed by atoms with E-state index in [1.54, 1.807) is 12.1 Å². The number of nitrogens with zero attached hydrogens (tertiary/aromatic N) is 3. The van der Waals surface area contributed by atoms with Crippen LogP contribution in [0.1, 0.15) is 36.0 Å². The molecule has 0 spiro atoms. The van der Waals surface area contributed by atoms with E-state index in [0.29, 0.717) is 46.4 Å². The van der Waals surface area contributed by atoms with Gasteiger partial charge < -0.3 is 8.94 Å². The molecule has 0 amide bonds. The quantitative estimate of drug-likeness (QED) is 0.503. The van der Waals surface area contributed by atoms with Crippen molar-refractivity contribution in [2.24, 2.45) is 7.05 Å². The zero-order chi connectivity index (χ0) is 20.9. The summed E-state index contributed by atoms with van der Waals surface area (Å²) in [7, 11) is -2.38. The SMILES string of the molecule is Cn1c(=O)oc2ccc(S(=O)(=O)Nc3ccccc3Cc3nc(C4CC4)no3)cc21. The molecule has 2 aromatic heterocycles. The Labute approximate surface area is 171 Å². The van der Waals surface area contributed by atoms with Crippen LogP contribution in [0.5, 0.6) is 0 Å². The third-order valence-electron chi connectivity index (χ3n) is 5.10. The fraction of sp³-hybridized carbons (Fsp3) is 0.250. The van der Waals surface area contributed by atoms with Crippen LogP contribution < -0.4 is 10.5 Å². The summed E-state index contributed by atoms with van der Waals surface area (Å²) in [6.45, 7) is 0. The molecule has 1 fully saturated rings. The average Bonchev–Trinajstić information content (AvgIpc) is 3.40. The van der Waals surface area contributed by atoms with Crippen LogP contribution in [0.25, 0.3) is 11.1 Å². The van der Waals surface area contributed by atoms with Gasteiger partial charge in [0, 0.05) is 13.0 Å². The van der Waals surface area contributed by atoms with Crippen LogP contribution in [-0.4, -0.2) is 23.1 Å². The van der Waals surface area contributed by atoms with Crippen molar-refractivity contribution in [1.29, 1.82) is 0 Å². The van der Waals surface area contributed by atoms with E-state index in [1.165, 1.54) is 29.8 Å². The molecule has 2 aromatic carbocycles. The number of fused-ring (bicyclic) bond motifs is 1. The molecule has 5 rings (SSSR count). The summed E-state index contributed by atoms with van der Waals surface area (Å²) in [5, 5.41) is 4.00. The Bertz CT molecular complexity index is 1410. The zero-order valence-electron chi connectivity index (χ0n) is 16.0. The van der Waals surface area contributed by atoms with Gasteiger partial charge in [0.2, 0.25) is 5.89 Å². The molecule has 30 heavy (non-hydrogen) atoms. The molecule has 1 N–H and O–H groups in total. The lowest BCUT2D eigenvalue weighted by molar-refractivity contribution is 0.379. The van der Waals surface area contributed by atoms with Gasteiger partial charge in [0.05, 0.1) is 22.5 Å². The normalized spacial score (nSPS) is 14.3. The summed E-state index contributed by atoms with van der Waals surface area (Å²) in [5.41, 5.74) is 1.85. The van der Waals surface area contributed by atoms with Gasteiger partial charge in [-0.1, -0.05) is 23.4 Å². The second kappa shape index (κ2) is 6.84. The molecule has 154 valence electrons. The Morgan fingerprint density at radius 3 is 2.80 bits per heavy atom. The summed E-state index contributed by atoms with van der Waals surface area (Å²) in [4.78, 5) is 16.1. The Kier molecular flexibility index (Phi) is 4.24. The van der Waals surface area contributed by atoms with Gasteiger partial charge in [-0.05, 0) is 42.7 Å². The molecule has 1 aliphatic rings. The average molecular weight is 426 g/mol. The van der Waals surface area contributed by atoms with E-state index < -0.39 is 15.8 Å². The molecule has 0 bridgehead atoms. The van der Waals surface area contributed by atoms with Crippen LogP contribution >= 0.6 is 0 Å². The Hall–Kier alpha value is -3.40. The fourth-order valence-electron chi connectivity index (χ4n) is 3.26. The highest BCUT2D eigenvalue weighted by Gasteiger charge is 2.29. The maximum Gasteiger partial charge on any atom is 0.419 e. The predicted molar refractivity (Wildman–Crippen MR) is 108 cm³/mol. The standard InChI is InChI=1S/C20H18N4O5S/c1-24-16-11-14(8-9-17(16)28-20(24)25)30(26,27)23-15-5-3-2-4-13(15)10-18-21-19(22-29-18)12-6-7-12/h2-5,8-9,11-12,23H,6-7,10H2,1H3. The molecule has 0 radical (unpaired) electrons. The van der Waals surface area contributed by atoms with Crippen molar-refractivity contribution in [2.75, 3.05) is 4.72 Å². The first-order chi connectivity index (χ1) is 14.4. The predicted octanol–water partition coefficient (Wildman–Crippen LogP) is 2.78. The van der Waals surface area contributed by atoms with Crippen molar-refractivity contribution in [3.63, 3.8) is 0 Å². The smallest absolute Gasteiger partial charge is 0.408 e. The van der Waals surface area contributed by atoms with Crippen molar-refractivity contribution < 1.29 is 17.4 Å². The lowest BCUT2D eigenvalue weighted by Gasteiger charge is -2.12. The first-order valence-electron chi connectivity index (χ1n) is 9.43. The summed E-state index contributed by atoms with van der Waals surface area (Å²) in [6, 6.07) is 11.3. The van der Waals surface area contributed by atoms with Gasteiger partial charge in [-0.3, -0.25) is 9.29 Å². The lowest BCUT2D eigenvalue weighted by atomic mass is 10.1. The van der Waals surface area contributed by atoms with Crippen LogP contribution in [0.15, 0.2) is 61.1 Å². The molecule has 10 heteroatoms. The highest BCUT2D eigenvalue weighted by molar-refractivity contribution is 7.92. The van der Waals surface area contributed by atoms with Gasteiger partial charge in [0.1, 0.15) is 0 Å². The summed E-state index contributed by atoms with van der Waals surface area (Å²) < 4.78 is 40.2. The summed E-state index contributed by atoms with van der Waals surface area (Å²) in [6.07, 6.45) is 2.46. The molecule has 0 aliphatic heterocycles. The molecule has 0 saturated heterocycles. The van der Waals surface area contributed by atoms with Crippen LogP contribution in [0, 0.1) is 0 Å². The number of hydrogen-bond acceptors (Lipinski definition) is 7. The molecule has 4 aromatic rings. The van der Waals surface area contributed by atoms with Gasteiger partial charge in [-0.15, -0.1) is 0 Å². The van der Waals surface area contributed by atoms with Crippen molar-refractivity contribution in [2.45, 2.75) is 30.1 Å². The maximum absolute atomic E-state index is 13.0. The summed E-state index contributed by atoms with van der Waals surface area (Å²) in [5.74, 6) is 0.980. The van der Waals surface area contributed by atoms with Crippen LogP contribution in [0.2, 0.25) is 0 Å². The number of benzene rings is 2. The Morgan fingerprint density at radius 1 is 1.20 bits per heavy atom. The molecule has 2 heterocycles. The van der Waals surface area contributed by atoms with E-state index in [9.17, 15) is 13.2 Å². The minimum Gasteiger partial charge on any atom is -0.408 e. The number of aromatic nitrogens is 3. The highest BCUT2D eigenvalue weighted by Crippen LogP contribution is 2.38. The molecular formula is C20H18N4O5S. The highest BCUT2D eigenvalue weighted by atomic mass is 32.2. The molecule has 0 unspecified atom stereocenters. The van der Waals surface area contributed by atoms with E-state index in [2.05, 4.69) is 14.9 Å². The van der Waals surface area contributed by atoms with Gasteiger partial charge >= 0.3 is 5.76 Å². The number of aryl methyl sites for hydroxylation is 1. The number of rotatable bonds is 6. The number of anilines is 1. The maximum atomic E-state index is 13.0. The van der Waals surface area contributed by atoms with E-state index in [0.717, 1.165) is 12.8 Å². The fourth-order valence-corrected chi connectivity index (χ4v) is 4.38. The number of para-hydroxylation sites is 1. The van der Waals surface area contributed by atoms with Crippen LogP contribution in [0.3, 0.4) is 0 Å². The Balaban J connectivity index is 1.44. The largest absolute Gasteiger partial charge is 0.419 e. The van der Waals surface area contributed by atoms with Gasteiger partial charge in [-0.25, -0.2) is 13.2 Å². The number of oxazole rings is 1. The van der Waals surface area contributed by atoms with Crippen molar-refractivity contribution >= 4 is 26.8 Å². The second-order valence-electron chi connectivity index (χ2n) is 7.32. The van der Waals surface area contributed by atoms with E-state index in [4.69, 9.17) is 8.94 Å². The minimum atomic E-state index is -3.90. The summed E-state index contributed by atoms with van der Waals surface area (Å²) >= 11 is 0. The molecule has 0 atom stereocenters. The van der Waals surface area contributed by atoms with Crippen molar-refractivity contribution in [3.8, 4) is 0 Å². The first-order valence-corrected chi connectivity index (χ1v) is 10.9. The van der Waals surface area contributed by atoms with Crippen molar-refractivity contribution in [3.05, 3.63) is 70.3 Å². The molecular weight excluding hydrogens is 408 g/mol. The van der Waals surface area contributed by atoms with E-state index >= 15 is 0 Å².